The Labute approximate surface area is 80.2 Å². The smallest absolute Gasteiger partial charge is 0.391 e. The normalized spacial score (nSPS) is 11.4. The molecule has 0 aliphatic carbocycles. The Bertz CT molecular complexity index is 168. The molecule has 0 aromatic rings. The molecule has 3 nitrogen and oxygen atoms in total. The number of ether oxygens (including phenoxy) is 2. The molecule has 0 aromatic heterocycles. The third-order valence-corrected chi connectivity index (χ3v) is 1.29. The van der Waals surface area contributed by atoms with Gasteiger partial charge in [0.1, 0.15) is 0 Å². The molecule has 0 N–H and O–H groups in total. The Balaban J connectivity index is 3.26. The van der Waals surface area contributed by atoms with Gasteiger partial charge in [0.15, 0.2) is 0 Å². The fourth-order valence-corrected chi connectivity index (χ4v) is 0.679. The summed E-state index contributed by atoms with van der Waals surface area (Å²) in [6, 6.07) is 0. The second-order valence-corrected chi connectivity index (χ2v) is 2.53. The van der Waals surface area contributed by atoms with Gasteiger partial charge >= 0.3 is 12.1 Å². The minimum Gasteiger partial charge on any atom is -0.466 e. The van der Waals surface area contributed by atoms with Gasteiger partial charge in [0, 0.05) is 0 Å². The second-order valence-electron chi connectivity index (χ2n) is 2.53. The lowest BCUT2D eigenvalue weighted by Crippen LogP contribution is -2.13. The summed E-state index contributed by atoms with van der Waals surface area (Å²) in [6.07, 6.45) is -5.20. The molecule has 0 aromatic carbocycles. The van der Waals surface area contributed by atoms with Gasteiger partial charge < -0.3 is 9.47 Å². The molecule has 0 saturated heterocycles. The second kappa shape index (κ2) is 6.64. The number of rotatable bonds is 6. The van der Waals surface area contributed by atoms with Crippen LogP contribution in [0.1, 0.15) is 19.8 Å². The van der Waals surface area contributed by atoms with E-state index in [9.17, 15) is 18.0 Å². The highest BCUT2D eigenvalue weighted by Gasteiger charge is 2.26. The van der Waals surface area contributed by atoms with Crippen molar-refractivity contribution < 1.29 is 27.4 Å². The van der Waals surface area contributed by atoms with Gasteiger partial charge in [0.2, 0.25) is 0 Å². The first-order valence-electron chi connectivity index (χ1n) is 4.26. The molecule has 6 heteroatoms. The quantitative estimate of drug-likeness (QED) is 0.500. The van der Waals surface area contributed by atoms with Crippen LogP contribution in [0.5, 0.6) is 0 Å². The van der Waals surface area contributed by atoms with Crippen molar-refractivity contribution in [1.29, 1.82) is 0 Å². The van der Waals surface area contributed by atoms with Gasteiger partial charge in [-0.1, -0.05) is 0 Å². The van der Waals surface area contributed by atoms with Crippen molar-refractivity contribution in [3.05, 3.63) is 0 Å². The molecule has 0 aliphatic rings. The average Bonchev–Trinajstić information content (AvgIpc) is 2.02. The number of alkyl halides is 3. The molecule has 0 spiro atoms. The Hall–Kier alpha value is -0.780. The first-order chi connectivity index (χ1) is 6.45. The van der Waals surface area contributed by atoms with Gasteiger partial charge in [-0.2, -0.15) is 13.2 Å². The Morgan fingerprint density at radius 3 is 2.43 bits per heavy atom. The zero-order valence-corrected chi connectivity index (χ0v) is 7.89. The molecule has 0 heterocycles. The average molecular weight is 214 g/mol. The highest BCUT2D eigenvalue weighted by molar-refractivity contribution is 5.69. The largest absolute Gasteiger partial charge is 0.466 e. The number of hydrogen-bond donors (Lipinski definition) is 0. The van der Waals surface area contributed by atoms with Crippen LogP contribution < -0.4 is 0 Å². The maximum Gasteiger partial charge on any atom is 0.391 e. The van der Waals surface area contributed by atoms with E-state index in [4.69, 9.17) is 0 Å². The first kappa shape index (κ1) is 13.2. The molecular formula is C8H13F3O3. The molecule has 0 unspecified atom stereocenters. The van der Waals surface area contributed by atoms with Crippen molar-refractivity contribution in [1.82, 2.24) is 0 Å². The molecule has 84 valence electrons. The zero-order valence-electron chi connectivity index (χ0n) is 7.89. The van der Waals surface area contributed by atoms with E-state index >= 15 is 0 Å². The van der Waals surface area contributed by atoms with E-state index in [1.54, 1.807) is 6.92 Å². The molecule has 0 amide bonds. The van der Waals surface area contributed by atoms with Crippen LogP contribution in [0.2, 0.25) is 0 Å². The van der Waals surface area contributed by atoms with Crippen molar-refractivity contribution in [3.63, 3.8) is 0 Å². The summed E-state index contributed by atoms with van der Waals surface area (Å²) in [4.78, 5) is 10.7. The minimum atomic E-state index is -4.20. The standard InChI is InChI=1S/C8H13F3O3/c1-2-14-7(12)3-5-13-6-4-8(9,10)11/h2-6H2,1H3. The first-order valence-corrected chi connectivity index (χ1v) is 4.26. The summed E-state index contributed by atoms with van der Waals surface area (Å²) in [6.45, 7) is 1.47. The number of carbonyl (C=O) groups excluding carboxylic acids is 1. The zero-order chi connectivity index (χ0) is 11.0. The lowest BCUT2D eigenvalue weighted by atomic mass is 10.4. The summed E-state index contributed by atoms with van der Waals surface area (Å²) in [5.74, 6) is -0.459. The van der Waals surface area contributed by atoms with E-state index in [1.807, 2.05) is 0 Å². The van der Waals surface area contributed by atoms with Crippen molar-refractivity contribution in [2.24, 2.45) is 0 Å². The van der Waals surface area contributed by atoms with Crippen molar-refractivity contribution in [2.45, 2.75) is 25.9 Å². The minimum absolute atomic E-state index is 0.00824. The number of hydrogen-bond acceptors (Lipinski definition) is 3. The third-order valence-electron chi connectivity index (χ3n) is 1.29. The maximum atomic E-state index is 11.6. The summed E-state index contributed by atoms with van der Waals surface area (Å²) >= 11 is 0. The summed E-state index contributed by atoms with van der Waals surface area (Å²) in [5.41, 5.74) is 0. The van der Waals surface area contributed by atoms with Crippen molar-refractivity contribution in [2.75, 3.05) is 19.8 Å². The van der Waals surface area contributed by atoms with Crippen molar-refractivity contribution >= 4 is 5.97 Å². The Kier molecular flexibility index (Phi) is 6.27. The lowest BCUT2D eigenvalue weighted by Gasteiger charge is -2.06. The van der Waals surface area contributed by atoms with Crippen LogP contribution in [-0.2, 0) is 14.3 Å². The van der Waals surface area contributed by atoms with Crippen LogP contribution in [0.25, 0.3) is 0 Å². The molecule has 0 bridgehead atoms. The van der Waals surface area contributed by atoms with Crippen LogP contribution in [0, 0.1) is 0 Å². The van der Waals surface area contributed by atoms with Gasteiger partial charge in [-0.15, -0.1) is 0 Å². The van der Waals surface area contributed by atoms with Gasteiger partial charge in [-0.05, 0) is 6.92 Å². The summed E-state index contributed by atoms with van der Waals surface area (Å²) in [5, 5.41) is 0. The van der Waals surface area contributed by atoms with E-state index in [1.165, 1.54) is 0 Å². The van der Waals surface area contributed by atoms with Gasteiger partial charge in [0.25, 0.3) is 0 Å². The Morgan fingerprint density at radius 1 is 1.29 bits per heavy atom. The third kappa shape index (κ3) is 9.31. The van der Waals surface area contributed by atoms with E-state index in [0.29, 0.717) is 0 Å². The molecule has 0 aliphatic heterocycles. The number of esters is 1. The topological polar surface area (TPSA) is 35.5 Å². The fourth-order valence-electron chi connectivity index (χ4n) is 0.679. The van der Waals surface area contributed by atoms with Gasteiger partial charge in [0.05, 0.1) is 32.7 Å². The van der Waals surface area contributed by atoms with E-state index < -0.39 is 25.2 Å². The fraction of sp³-hybridized carbons (Fsp3) is 0.875. The molecule has 0 atom stereocenters. The SMILES string of the molecule is CCOC(=O)CCOCCC(F)(F)F. The molecule has 0 radical (unpaired) electrons. The van der Waals surface area contributed by atoms with E-state index in [0.717, 1.165) is 0 Å². The summed E-state index contributed by atoms with van der Waals surface area (Å²) in [7, 11) is 0. The number of halogens is 3. The van der Waals surface area contributed by atoms with E-state index in [-0.39, 0.29) is 19.6 Å². The molecule has 0 saturated carbocycles. The molecule has 0 rings (SSSR count). The Morgan fingerprint density at radius 2 is 1.93 bits per heavy atom. The van der Waals surface area contributed by atoms with Crippen LogP contribution in [0.15, 0.2) is 0 Å². The molecular weight excluding hydrogens is 201 g/mol. The highest BCUT2D eigenvalue weighted by atomic mass is 19.4. The van der Waals surface area contributed by atoms with Crippen LogP contribution in [0.3, 0.4) is 0 Å². The van der Waals surface area contributed by atoms with Gasteiger partial charge in [-0.3, -0.25) is 4.79 Å². The maximum absolute atomic E-state index is 11.6. The monoisotopic (exact) mass is 214 g/mol. The van der Waals surface area contributed by atoms with E-state index in [2.05, 4.69) is 9.47 Å². The van der Waals surface area contributed by atoms with Crippen LogP contribution in [-0.4, -0.2) is 32.0 Å². The molecule has 0 fully saturated rings. The molecule has 14 heavy (non-hydrogen) atoms. The number of carbonyl (C=O) groups is 1. The highest BCUT2D eigenvalue weighted by Crippen LogP contribution is 2.18. The summed E-state index contributed by atoms with van der Waals surface area (Å²) < 4.78 is 43.9. The van der Waals surface area contributed by atoms with Gasteiger partial charge in [-0.25, -0.2) is 0 Å². The predicted molar refractivity (Wildman–Crippen MR) is 42.7 cm³/mol. The predicted octanol–water partition coefficient (Wildman–Crippen LogP) is 1.91. The lowest BCUT2D eigenvalue weighted by molar-refractivity contribution is -0.148. The van der Waals surface area contributed by atoms with Crippen LogP contribution in [0.4, 0.5) is 13.2 Å². The van der Waals surface area contributed by atoms with Crippen molar-refractivity contribution in [3.8, 4) is 0 Å². The van der Waals surface area contributed by atoms with Crippen LogP contribution >= 0.6 is 0 Å².